The van der Waals surface area contributed by atoms with E-state index in [1.165, 1.54) is 12.7 Å². The van der Waals surface area contributed by atoms with Crippen molar-refractivity contribution in [2.45, 2.75) is 25.7 Å². The molecule has 104 valence electrons. The van der Waals surface area contributed by atoms with Crippen LogP contribution in [0.1, 0.15) is 25.7 Å². The Kier molecular flexibility index (Phi) is 6.63. The summed E-state index contributed by atoms with van der Waals surface area (Å²) in [6, 6.07) is 0. The smallest absolute Gasteiger partial charge is 0.324 e. The summed E-state index contributed by atoms with van der Waals surface area (Å²) >= 11 is 0. The lowest BCUT2D eigenvalue weighted by Crippen LogP contribution is -2.33. The van der Waals surface area contributed by atoms with Crippen molar-refractivity contribution in [1.82, 2.24) is 9.71 Å². The van der Waals surface area contributed by atoms with Gasteiger partial charge in [0.15, 0.2) is 0 Å². The maximum Gasteiger partial charge on any atom is 0.324 e. The Morgan fingerprint density at radius 3 is 2.63 bits per heavy atom. The summed E-state index contributed by atoms with van der Waals surface area (Å²) in [5, 5.41) is 0. The largest absolute Gasteiger partial charge is 0.468 e. The highest BCUT2D eigenvalue weighted by Gasteiger charge is 2.13. The molecule has 0 N–H and O–H groups in total. The minimum atomic E-state index is -0.510. The topological polar surface area (TPSA) is 49.9 Å². The number of piperidine rings is 1. The third kappa shape index (κ3) is 5.92. The molecular weight excluding hydrogens is 243 g/mol. The minimum Gasteiger partial charge on any atom is -0.468 e. The summed E-state index contributed by atoms with van der Waals surface area (Å²) in [6.07, 6.45) is 5.26. The third-order valence-corrected chi connectivity index (χ3v) is 3.27. The summed E-state index contributed by atoms with van der Waals surface area (Å²) in [7, 11) is 8.87. The molecule has 1 saturated heterocycles. The van der Waals surface area contributed by atoms with Gasteiger partial charge in [0.2, 0.25) is 13.9 Å². The summed E-state index contributed by atoms with van der Waals surface area (Å²) in [6.45, 7) is 1.95. The first-order chi connectivity index (χ1) is 9.02. The van der Waals surface area contributed by atoms with Crippen LogP contribution in [0, 0.1) is 0 Å². The molecule has 0 aromatic rings. The van der Waals surface area contributed by atoms with Gasteiger partial charge in [-0.1, -0.05) is 11.6 Å². The zero-order valence-corrected chi connectivity index (χ0v) is 11.7. The Morgan fingerprint density at radius 1 is 1.42 bits per heavy atom. The summed E-state index contributed by atoms with van der Waals surface area (Å²) in [4.78, 5) is 25.8. The van der Waals surface area contributed by atoms with Crippen molar-refractivity contribution in [2.24, 2.45) is 0 Å². The van der Waals surface area contributed by atoms with Gasteiger partial charge in [0.25, 0.3) is 0 Å². The van der Waals surface area contributed by atoms with Crippen molar-refractivity contribution in [3.8, 4) is 0 Å². The highest BCUT2D eigenvalue weighted by atomic mass is 16.5. The summed E-state index contributed by atoms with van der Waals surface area (Å²) < 4.78 is 4.45. The number of allylic oxidation sites excluding steroid dienone is 1. The van der Waals surface area contributed by atoms with Crippen LogP contribution in [0.3, 0.4) is 0 Å². The van der Waals surface area contributed by atoms with Gasteiger partial charge >= 0.3 is 5.97 Å². The second-order valence-electron chi connectivity index (χ2n) is 4.80. The summed E-state index contributed by atoms with van der Waals surface area (Å²) in [5.74, 6) is -0.750. The average molecular weight is 264 g/mol. The zero-order chi connectivity index (χ0) is 14.3. The molecule has 1 heterocycles. The third-order valence-electron chi connectivity index (χ3n) is 3.27. The van der Waals surface area contributed by atoms with Crippen LogP contribution in [0.25, 0.3) is 0 Å². The van der Waals surface area contributed by atoms with Crippen molar-refractivity contribution < 1.29 is 14.3 Å². The number of likely N-dealkylation sites (tertiary alicyclic amines) is 1. The van der Waals surface area contributed by atoms with E-state index in [0.29, 0.717) is 12.8 Å². The number of esters is 1. The molecule has 2 radical (unpaired) electrons. The van der Waals surface area contributed by atoms with E-state index in [0.717, 1.165) is 30.7 Å². The molecule has 5 nitrogen and oxygen atoms in total. The van der Waals surface area contributed by atoms with Crippen LogP contribution in [0.2, 0.25) is 0 Å². The molecule has 1 fully saturated rings. The molecule has 1 amide bonds. The Bertz CT molecular complexity index is 348. The van der Waals surface area contributed by atoms with E-state index in [9.17, 15) is 9.59 Å². The lowest BCUT2D eigenvalue weighted by atomic mass is 10.0. The van der Waals surface area contributed by atoms with Gasteiger partial charge in [0, 0.05) is 19.5 Å². The van der Waals surface area contributed by atoms with E-state index in [1.807, 2.05) is 0 Å². The SMILES string of the molecule is [B]N(CC(=O)OC)C(=O)CCC=C1CCN(C)CC1. The molecule has 0 aromatic heterocycles. The number of methoxy groups -OCH3 is 1. The molecule has 1 aliphatic heterocycles. The van der Waals surface area contributed by atoms with Gasteiger partial charge in [-0.2, -0.15) is 0 Å². The van der Waals surface area contributed by atoms with Gasteiger partial charge in [-0.05, 0) is 26.3 Å². The Morgan fingerprint density at radius 2 is 2.05 bits per heavy atom. The lowest BCUT2D eigenvalue weighted by Gasteiger charge is -2.24. The molecule has 0 spiro atoms. The van der Waals surface area contributed by atoms with E-state index in [2.05, 4.69) is 22.8 Å². The first kappa shape index (κ1) is 15.8. The number of rotatable bonds is 5. The molecule has 0 bridgehead atoms. The molecule has 1 rings (SSSR count). The van der Waals surface area contributed by atoms with Gasteiger partial charge in [-0.15, -0.1) is 0 Å². The number of carbonyl (C=O) groups is 2. The van der Waals surface area contributed by atoms with Crippen molar-refractivity contribution >= 4 is 19.9 Å². The molecule has 0 saturated carbocycles. The maximum absolute atomic E-state index is 11.6. The monoisotopic (exact) mass is 264 g/mol. The van der Waals surface area contributed by atoms with E-state index in [1.54, 1.807) is 0 Å². The van der Waals surface area contributed by atoms with Crippen LogP contribution in [0.15, 0.2) is 11.6 Å². The predicted molar refractivity (Wildman–Crippen MR) is 73.5 cm³/mol. The van der Waals surface area contributed by atoms with Gasteiger partial charge in [-0.3, -0.25) is 9.59 Å². The summed E-state index contributed by atoms with van der Waals surface area (Å²) in [5.41, 5.74) is 1.41. The Labute approximate surface area is 116 Å². The van der Waals surface area contributed by atoms with Crippen molar-refractivity contribution in [2.75, 3.05) is 33.8 Å². The first-order valence-corrected chi connectivity index (χ1v) is 6.51. The van der Waals surface area contributed by atoms with Crippen molar-refractivity contribution in [1.29, 1.82) is 0 Å². The number of ether oxygens (including phenoxy) is 1. The van der Waals surface area contributed by atoms with Crippen molar-refractivity contribution in [3.05, 3.63) is 11.6 Å². The molecule has 1 aliphatic rings. The van der Waals surface area contributed by atoms with Gasteiger partial charge in [0.05, 0.1) is 7.11 Å². The van der Waals surface area contributed by atoms with Gasteiger partial charge < -0.3 is 14.4 Å². The van der Waals surface area contributed by atoms with Crippen LogP contribution in [-0.4, -0.2) is 63.4 Å². The highest BCUT2D eigenvalue weighted by molar-refractivity contribution is 6.15. The van der Waals surface area contributed by atoms with Crippen LogP contribution < -0.4 is 0 Å². The molecule has 19 heavy (non-hydrogen) atoms. The minimum absolute atomic E-state index is 0.198. The Hall–Kier alpha value is -1.30. The fourth-order valence-corrected chi connectivity index (χ4v) is 1.95. The number of hydrogen-bond acceptors (Lipinski definition) is 4. The van der Waals surface area contributed by atoms with E-state index in [-0.39, 0.29) is 12.5 Å². The highest BCUT2D eigenvalue weighted by Crippen LogP contribution is 2.15. The molecule has 6 heteroatoms. The quantitative estimate of drug-likeness (QED) is 0.412. The molecule has 0 unspecified atom stereocenters. The standard InChI is InChI=1S/C13H21BN2O3/c1-15-8-6-11(7-9-15)4-3-5-12(17)16(14)10-13(18)19-2/h4H,3,5-10H2,1-2H3. The van der Waals surface area contributed by atoms with E-state index in [4.69, 9.17) is 7.98 Å². The number of hydrogen-bond donors (Lipinski definition) is 0. The van der Waals surface area contributed by atoms with Gasteiger partial charge in [-0.25, -0.2) is 0 Å². The van der Waals surface area contributed by atoms with Crippen LogP contribution in [0.5, 0.6) is 0 Å². The van der Waals surface area contributed by atoms with Crippen LogP contribution in [0.4, 0.5) is 0 Å². The van der Waals surface area contributed by atoms with Gasteiger partial charge in [0.1, 0.15) is 6.54 Å². The Balaban J connectivity index is 2.26. The predicted octanol–water partition coefficient (Wildman–Crippen LogP) is 0.504. The second kappa shape index (κ2) is 7.99. The van der Waals surface area contributed by atoms with Crippen LogP contribution >= 0.6 is 0 Å². The maximum atomic E-state index is 11.6. The lowest BCUT2D eigenvalue weighted by molar-refractivity contribution is -0.144. The average Bonchev–Trinajstić information content (AvgIpc) is 2.40. The number of amides is 1. The van der Waals surface area contributed by atoms with Crippen molar-refractivity contribution in [3.63, 3.8) is 0 Å². The first-order valence-electron chi connectivity index (χ1n) is 6.51. The second-order valence-corrected chi connectivity index (χ2v) is 4.80. The van der Waals surface area contributed by atoms with Crippen LogP contribution in [-0.2, 0) is 14.3 Å². The van der Waals surface area contributed by atoms with E-state index >= 15 is 0 Å². The molecule has 0 aromatic carbocycles. The molecule has 0 aliphatic carbocycles. The zero-order valence-electron chi connectivity index (χ0n) is 11.7. The number of carbonyl (C=O) groups excluding carboxylic acids is 2. The normalized spacial score (nSPS) is 16.0. The van der Waals surface area contributed by atoms with E-state index < -0.39 is 5.97 Å². The molecule has 0 atom stereocenters. The number of nitrogens with zero attached hydrogens (tertiary/aromatic N) is 2. The fraction of sp³-hybridized carbons (Fsp3) is 0.692. The fourth-order valence-electron chi connectivity index (χ4n) is 1.95. The molecular formula is C13H21BN2O3.